The van der Waals surface area contributed by atoms with Crippen molar-refractivity contribution in [3.8, 4) is 0 Å². The van der Waals surface area contributed by atoms with Crippen molar-refractivity contribution in [3.05, 3.63) is 47.5 Å². The minimum Gasteiger partial charge on any atom is -0.339 e. The van der Waals surface area contributed by atoms with Gasteiger partial charge in [-0.25, -0.2) is 9.67 Å². The van der Waals surface area contributed by atoms with Gasteiger partial charge in [0.1, 0.15) is 12.7 Å². The summed E-state index contributed by atoms with van der Waals surface area (Å²) in [5, 5.41) is 5.08. The summed E-state index contributed by atoms with van der Waals surface area (Å²) in [4.78, 5) is 21.4. The van der Waals surface area contributed by atoms with Crippen LogP contribution in [-0.4, -0.2) is 68.7 Å². The van der Waals surface area contributed by atoms with Crippen LogP contribution in [0.1, 0.15) is 37.3 Å². The molecule has 1 aliphatic carbocycles. The molecule has 3 atom stereocenters. The van der Waals surface area contributed by atoms with E-state index in [9.17, 15) is 4.79 Å². The average molecular weight is 417 g/mol. The van der Waals surface area contributed by atoms with E-state index in [-0.39, 0.29) is 5.91 Å². The Morgan fingerprint density at radius 2 is 1.79 bits per heavy atom. The molecule has 4 rings (SSSR count). The van der Waals surface area contributed by atoms with E-state index < -0.39 is 6.04 Å². The fourth-order valence-corrected chi connectivity index (χ4v) is 4.81. The molecule has 2 aromatic rings. The monoisotopic (exact) mass is 416 g/mol. The zero-order chi connectivity index (χ0) is 20.2. The highest BCUT2D eigenvalue weighted by Crippen LogP contribution is 2.32. The molecule has 7 nitrogen and oxygen atoms in total. The summed E-state index contributed by atoms with van der Waals surface area (Å²) >= 11 is 5.93. The Kier molecular flexibility index (Phi) is 6.47. The molecule has 2 N–H and O–H groups in total. The van der Waals surface area contributed by atoms with Gasteiger partial charge in [0.2, 0.25) is 5.91 Å². The molecule has 1 saturated carbocycles. The molecule has 1 aromatic heterocycles. The number of halogens is 1. The van der Waals surface area contributed by atoms with Crippen molar-refractivity contribution >= 4 is 17.5 Å². The molecule has 156 valence electrons. The molecule has 0 radical (unpaired) electrons. The van der Waals surface area contributed by atoms with Crippen molar-refractivity contribution in [2.75, 3.05) is 26.2 Å². The topological polar surface area (TPSA) is 80.3 Å². The van der Waals surface area contributed by atoms with Gasteiger partial charge in [-0.1, -0.05) is 36.6 Å². The van der Waals surface area contributed by atoms with Crippen molar-refractivity contribution in [1.29, 1.82) is 0 Å². The van der Waals surface area contributed by atoms with Crippen LogP contribution in [0.3, 0.4) is 0 Å². The third-order valence-electron chi connectivity index (χ3n) is 6.25. The van der Waals surface area contributed by atoms with E-state index in [2.05, 4.69) is 15.0 Å². The fourth-order valence-electron chi connectivity index (χ4n) is 4.69. The summed E-state index contributed by atoms with van der Waals surface area (Å²) < 4.78 is 2.02. The van der Waals surface area contributed by atoms with Gasteiger partial charge in [0.25, 0.3) is 0 Å². The van der Waals surface area contributed by atoms with Crippen molar-refractivity contribution in [2.45, 2.75) is 50.2 Å². The molecule has 2 heterocycles. The molecule has 0 spiro atoms. The molecule has 1 aromatic carbocycles. The Morgan fingerprint density at radius 1 is 1.10 bits per heavy atom. The highest BCUT2D eigenvalue weighted by atomic mass is 35.5. The predicted molar refractivity (Wildman–Crippen MR) is 113 cm³/mol. The maximum absolute atomic E-state index is 12.8. The van der Waals surface area contributed by atoms with Gasteiger partial charge in [0.05, 0.1) is 12.1 Å². The van der Waals surface area contributed by atoms with Crippen LogP contribution in [0.4, 0.5) is 0 Å². The van der Waals surface area contributed by atoms with Gasteiger partial charge in [-0.05, 0) is 37.0 Å². The van der Waals surface area contributed by atoms with Crippen molar-refractivity contribution in [3.63, 3.8) is 0 Å². The molecular formula is C21H29ClN6O. The van der Waals surface area contributed by atoms with Crippen LogP contribution in [0.25, 0.3) is 0 Å². The first-order valence-electron chi connectivity index (χ1n) is 10.5. The lowest BCUT2D eigenvalue weighted by Gasteiger charge is -2.44. The first-order chi connectivity index (χ1) is 14.1. The van der Waals surface area contributed by atoms with Gasteiger partial charge in [-0.15, -0.1) is 0 Å². The van der Waals surface area contributed by atoms with Crippen LogP contribution in [0.5, 0.6) is 0 Å². The van der Waals surface area contributed by atoms with E-state index in [1.165, 1.54) is 19.3 Å². The second kappa shape index (κ2) is 9.24. The summed E-state index contributed by atoms with van der Waals surface area (Å²) in [5.41, 5.74) is 7.26. The number of carbonyl (C=O) groups is 1. The van der Waals surface area contributed by atoms with E-state index >= 15 is 0 Å². The summed E-state index contributed by atoms with van der Waals surface area (Å²) in [5.74, 6) is 0.0380. The average Bonchev–Trinajstić information content (AvgIpc) is 3.30. The third kappa shape index (κ3) is 4.79. The molecule has 0 bridgehead atoms. The van der Waals surface area contributed by atoms with Crippen molar-refractivity contribution in [1.82, 2.24) is 24.6 Å². The van der Waals surface area contributed by atoms with Crippen LogP contribution in [0.2, 0.25) is 5.02 Å². The molecule has 1 aliphatic heterocycles. The number of carbonyl (C=O) groups excluding carboxylic acids is 1. The molecule has 1 amide bonds. The summed E-state index contributed by atoms with van der Waals surface area (Å²) in [7, 11) is 0. The first-order valence-corrected chi connectivity index (χ1v) is 10.9. The quantitative estimate of drug-likeness (QED) is 0.807. The van der Waals surface area contributed by atoms with Gasteiger partial charge in [0.15, 0.2) is 0 Å². The highest BCUT2D eigenvalue weighted by Gasteiger charge is 2.35. The summed E-state index contributed by atoms with van der Waals surface area (Å²) in [6.45, 7) is 3.23. The Balaban J connectivity index is 1.32. The van der Waals surface area contributed by atoms with Crippen LogP contribution in [0, 0.1) is 0 Å². The number of hydrogen-bond donors (Lipinski definition) is 1. The smallest absolute Gasteiger partial charge is 0.239 e. The Labute approximate surface area is 176 Å². The molecule has 1 saturated heterocycles. The second-order valence-electron chi connectivity index (χ2n) is 8.09. The van der Waals surface area contributed by atoms with Crippen LogP contribution < -0.4 is 5.73 Å². The largest absolute Gasteiger partial charge is 0.339 e. The Hall–Kier alpha value is -1.96. The van der Waals surface area contributed by atoms with E-state index in [1.54, 1.807) is 6.33 Å². The van der Waals surface area contributed by atoms with E-state index in [1.807, 2.05) is 40.2 Å². The van der Waals surface area contributed by atoms with E-state index in [0.29, 0.717) is 23.5 Å². The second-order valence-corrected chi connectivity index (χ2v) is 8.53. The lowest BCUT2D eigenvalue weighted by atomic mass is 9.89. The Bertz CT molecular complexity index is 788. The molecule has 29 heavy (non-hydrogen) atoms. The van der Waals surface area contributed by atoms with Gasteiger partial charge >= 0.3 is 0 Å². The minimum absolute atomic E-state index is 0.0380. The number of nitrogens with zero attached hydrogens (tertiary/aromatic N) is 5. The van der Waals surface area contributed by atoms with Crippen LogP contribution >= 0.6 is 11.6 Å². The number of rotatable bonds is 5. The summed E-state index contributed by atoms with van der Waals surface area (Å²) in [6, 6.07) is 7.86. The molecule has 8 heteroatoms. The highest BCUT2D eigenvalue weighted by molar-refractivity contribution is 6.30. The third-order valence-corrected chi connectivity index (χ3v) is 6.50. The first kappa shape index (κ1) is 20.3. The SMILES string of the molecule is N[C@H](Cc1ccc(Cl)cc1)C(=O)N1CCN([C@@H]2CCCC[C@H]2n2cncn2)CC1. The number of piperazine rings is 1. The van der Waals surface area contributed by atoms with Gasteiger partial charge < -0.3 is 10.6 Å². The number of benzene rings is 1. The molecule has 2 aliphatic rings. The van der Waals surface area contributed by atoms with E-state index in [4.69, 9.17) is 17.3 Å². The van der Waals surface area contributed by atoms with Gasteiger partial charge in [-0.3, -0.25) is 9.69 Å². The van der Waals surface area contributed by atoms with Gasteiger partial charge in [-0.2, -0.15) is 5.10 Å². The van der Waals surface area contributed by atoms with Crippen LogP contribution in [-0.2, 0) is 11.2 Å². The zero-order valence-corrected chi connectivity index (χ0v) is 17.4. The zero-order valence-electron chi connectivity index (χ0n) is 16.7. The maximum Gasteiger partial charge on any atom is 0.239 e. The lowest BCUT2D eigenvalue weighted by molar-refractivity contribution is -0.135. The minimum atomic E-state index is -0.514. The van der Waals surface area contributed by atoms with Crippen molar-refractivity contribution < 1.29 is 4.79 Å². The molecular weight excluding hydrogens is 388 g/mol. The number of hydrogen-bond acceptors (Lipinski definition) is 5. The van der Waals surface area contributed by atoms with E-state index in [0.717, 1.165) is 38.2 Å². The number of nitrogens with two attached hydrogens (primary N) is 1. The van der Waals surface area contributed by atoms with Crippen LogP contribution in [0.15, 0.2) is 36.9 Å². The summed E-state index contributed by atoms with van der Waals surface area (Å²) in [6.07, 6.45) is 8.78. The van der Waals surface area contributed by atoms with Crippen molar-refractivity contribution in [2.24, 2.45) is 5.73 Å². The predicted octanol–water partition coefficient (Wildman–Crippen LogP) is 2.13. The maximum atomic E-state index is 12.8. The standard InChI is InChI=1S/C21H29ClN6O/c22-17-7-5-16(6-8-17)13-18(23)21(29)27-11-9-26(10-12-27)19-3-1-2-4-20(19)28-15-24-14-25-28/h5-8,14-15,18-20H,1-4,9-13,23H2/t18-,19-,20-/m1/s1. The normalized spacial score (nSPS) is 24.4. The lowest BCUT2D eigenvalue weighted by Crippen LogP contribution is -2.57. The fraction of sp³-hybridized carbons (Fsp3) is 0.571. The number of amides is 1. The molecule has 0 unspecified atom stereocenters. The number of aromatic nitrogens is 3. The molecule has 2 fully saturated rings. The van der Waals surface area contributed by atoms with Gasteiger partial charge in [0, 0.05) is 37.2 Å². The Morgan fingerprint density at radius 3 is 2.45 bits per heavy atom.